The molecule has 1 fully saturated rings. The molecular formula is C20H25N3O5S. The Labute approximate surface area is 174 Å². The molecule has 0 radical (unpaired) electrons. The Bertz CT molecular complexity index is 851. The molecule has 3 rings (SSSR count). The van der Waals surface area contributed by atoms with E-state index in [1.165, 1.54) is 11.8 Å². The van der Waals surface area contributed by atoms with E-state index in [2.05, 4.69) is 9.97 Å². The molecular weight excluding hydrogens is 394 g/mol. The van der Waals surface area contributed by atoms with E-state index >= 15 is 0 Å². The molecule has 2 heterocycles. The summed E-state index contributed by atoms with van der Waals surface area (Å²) in [6.07, 6.45) is 1.16. The first-order valence-electron chi connectivity index (χ1n) is 9.23. The minimum absolute atomic E-state index is 0.0679. The van der Waals surface area contributed by atoms with Crippen LogP contribution in [0.1, 0.15) is 17.3 Å². The number of rotatable bonds is 7. The summed E-state index contributed by atoms with van der Waals surface area (Å²) in [5.74, 6) is 1.29. The van der Waals surface area contributed by atoms with Gasteiger partial charge in [-0.05, 0) is 30.7 Å². The predicted octanol–water partition coefficient (Wildman–Crippen LogP) is 1.86. The van der Waals surface area contributed by atoms with Crippen molar-refractivity contribution in [2.75, 3.05) is 39.7 Å². The topological polar surface area (TPSA) is 94.0 Å². The van der Waals surface area contributed by atoms with Gasteiger partial charge in [-0.15, -0.1) is 0 Å². The first-order chi connectivity index (χ1) is 14.1. The van der Waals surface area contributed by atoms with Crippen LogP contribution in [0, 0.1) is 6.92 Å². The zero-order valence-electron chi connectivity index (χ0n) is 16.7. The van der Waals surface area contributed by atoms with Crippen LogP contribution in [-0.4, -0.2) is 71.7 Å². The van der Waals surface area contributed by atoms with Crippen molar-refractivity contribution in [3.05, 3.63) is 41.7 Å². The third-order valence-electron chi connectivity index (χ3n) is 4.70. The molecule has 0 aliphatic carbocycles. The summed E-state index contributed by atoms with van der Waals surface area (Å²) < 4.78 is 16.4. The number of hydrogen-bond donors (Lipinski definition) is 1. The van der Waals surface area contributed by atoms with Gasteiger partial charge in [0.2, 0.25) is 5.91 Å². The van der Waals surface area contributed by atoms with Gasteiger partial charge < -0.3 is 24.2 Å². The van der Waals surface area contributed by atoms with Gasteiger partial charge in [0.05, 0.1) is 39.2 Å². The van der Waals surface area contributed by atoms with Gasteiger partial charge in [0.15, 0.2) is 16.7 Å². The Morgan fingerprint density at radius 2 is 2.10 bits per heavy atom. The molecule has 0 unspecified atom stereocenters. The van der Waals surface area contributed by atoms with E-state index in [4.69, 9.17) is 14.2 Å². The van der Waals surface area contributed by atoms with Crippen molar-refractivity contribution in [2.45, 2.75) is 24.2 Å². The molecule has 1 aliphatic rings. The average molecular weight is 420 g/mol. The molecule has 9 heteroatoms. The Kier molecular flexibility index (Phi) is 7.29. The smallest absolute Gasteiger partial charge is 0.233 e. The molecule has 0 spiro atoms. The number of aryl methyl sites for hydroxylation is 1. The monoisotopic (exact) mass is 419 g/mol. The zero-order valence-corrected chi connectivity index (χ0v) is 17.5. The molecule has 1 aliphatic heterocycles. The number of morpholine rings is 1. The summed E-state index contributed by atoms with van der Waals surface area (Å²) in [7, 11) is 3.13. The quantitative estimate of drug-likeness (QED) is 0.537. The lowest BCUT2D eigenvalue weighted by Gasteiger charge is -2.41. The average Bonchev–Trinajstić information content (AvgIpc) is 2.76. The van der Waals surface area contributed by atoms with Gasteiger partial charge in [-0.1, -0.05) is 17.8 Å². The summed E-state index contributed by atoms with van der Waals surface area (Å²) in [5, 5.41) is 10.4. The van der Waals surface area contributed by atoms with Crippen LogP contribution in [0.25, 0.3) is 0 Å². The largest absolute Gasteiger partial charge is 0.493 e. The molecule has 1 aromatic carbocycles. The molecule has 2 atom stereocenters. The van der Waals surface area contributed by atoms with Crippen LogP contribution < -0.4 is 9.47 Å². The molecule has 0 bridgehead atoms. The number of thioether (sulfide) groups is 1. The van der Waals surface area contributed by atoms with Crippen molar-refractivity contribution in [2.24, 2.45) is 0 Å². The fraction of sp³-hybridized carbons (Fsp3) is 0.450. The van der Waals surface area contributed by atoms with Gasteiger partial charge >= 0.3 is 0 Å². The van der Waals surface area contributed by atoms with Crippen molar-refractivity contribution in [1.82, 2.24) is 14.9 Å². The fourth-order valence-corrected chi connectivity index (χ4v) is 4.06. The lowest BCUT2D eigenvalue weighted by Crippen LogP contribution is -2.50. The first-order valence-corrected chi connectivity index (χ1v) is 10.2. The number of amides is 1. The second-order valence-electron chi connectivity index (χ2n) is 6.51. The summed E-state index contributed by atoms with van der Waals surface area (Å²) in [4.78, 5) is 23.3. The molecule has 1 aromatic heterocycles. The van der Waals surface area contributed by atoms with Gasteiger partial charge in [-0.25, -0.2) is 9.97 Å². The Hall–Kier alpha value is -2.36. The maximum absolute atomic E-state index is 13.0. The number of benzene rings is 1. The van der Waals surface area contributed by atoms with Crippen molar-refractivity contribution in [3.8, 4) is 11.5 Å². The summed E-state index contributed by atoms with van der Waals surface area (Å²) in [5.41, 5.74) is 1.66. The highest BCUT2D eigenvalue weighted by Gasteiger charge is 2.36. The van der Waals surface area contributed by atoms with Crippen LogP contribution in [0.3, 0.4) is 0 Å². The first kappa shape index (κ1) is 21.4. The Morgan fingerprint density at radius 3 is 2.79 bits per heavy atom. The maximum atomic E-state index is 13.0. The second-order valence-corrected chi connectivity index (χ2v) is 7.45. The second kappa shape index (κ2) is 9.91. The molecule has 29 heavy (non-hydrogen) atoms. The molecule has 2 aromatic rings. The Morgan fingerprint density at radius 1 is 1.31 bits per heavy atom. The van der Waals surface area contributed by atoms with E-state index in [0.717, 1.165) is 11.3 Å². The van der Waals surface area contributed by atoms with Crippen LogP contribution in [0.5, 0.6) is 11.5 Å². The Balaban J connectivity index is 1.82. The van der Waals surface area contributed by atoms with Crippen molar-refractivity contribution >= 4 is 17.7 Å². The van der Waals surface area contributed by atoms with Gasteiger partial charge in [-0.3, -0.25) is 4.79 Å². The van der Waals surface area contributed by atoms with Crippen LogP contribution in [-0.2, 0) is 9.53 Å². The minimum Gasteiger partial charge on any atom is -0.493 e. The predicted molar refractivity (Wildman–Crippen MR) is 108 cm³/mol. The summed E-state index contributed by atoms with van der Waals surface area (Å²) in [6.45, 7) is 2.49. The van der Waals surface area contributed by atoms with E-state index in [-0.39, 0.29) is 18.3 Å². The van der Waals surface area contributed by atoms with Crippen molar-refractivity contribution < 1.29 is 24.1 Å². The molecule has 0 saturated carbocycles. The number of aliphatic hydroxyl groups excluding tert-OH is 1. The number of aliphatic hydroxyl groups is 1. The lowest BCUT2D eigenvalue weighted by atomic mass is 9.97. The highest BCUT2D eigenvalue weighted by molar-refractivity contribution is 7.99. The van der Waals surface area contributed by atoms with E-state index in [9.17, 15) is 9.90 Å². The summed E-state index contributed by atoms with van der Waals surface area (Å²) in [6, 6.07) is 6.85. The standard InChI is InChI=1S/C20H25N3O5S/c1-13-6-7-21-20(22-13)29-12-18(25)23-8-9-28-17(11-24)19(23)14-4-5-15(26-2)16(10-14)27-3/h4-7,10,17,19,24H,8-9,11-12H2,1-3H3/t17-,19-/m1/s1. The van der Waals surface area contributed by atoms with Gasteiger partial charge in [0, 0.05) is 18.4 Å². The van der Waals surface area contributed by atoms with E-state index < -0.39 is 12.1 Å². The van der Waals surface area contributed by atoms with Crippen molar-refractivity contribution in [1.29, 1.82) is 0 Å². The van der Waals surface area contributed by atoms with Crippen molar-refractivity contribution in [3.63, 3.8) is 0 Å². The number of hydrogen-bond acceptors (Lipinski definition) is 8. The number of carbonyl (C=O) groups excluding carboxylic acids is 1. The van der Waals surface area contributed by atoms with Crippen LogP contribution in [0.4, 0.5) is 0 Å². The number of aromatic nitrogens is 2. The van der Waals surface area contributed by atoms with Gasteiger partial charge in [0.25, 0.3) is 0 Å². The number of ether oxygens (including phenoxy) is 3. The normalized spacial score (nSPS) is 19.1. The lowest BCUT2D eigenvalue weighted by molar-refractivity contribution is -0.147. The summed E-state index contributed by atoms with van der Waals surface area (Å²) >= 11 is 1.29. The minimum atomic E-state index is -0.522. The van der Waals surface area contributed by atoms with Crippen LogP contribution >= 0.6 is 11.8 Å². The number of methoxy groups -OCH3 is 2. The molecule has 156 valence electrons. The zero-order chi connectivity index (χ0) is 20.8. The number of nitrogens with zero attached hydrogens (tertiary/aromatic N) is 3. The SMILES string of the molecule is COc1ccc([C@@H]2[C@@H](CO)OCCN2C(=O)CSc2nccc(C)n2)cc1OC. The molecule has 1 saturated heterocycles. The van der Waals surface area contributed by atoms with E-state index in [1.807, 2.05) is 25.1 Å². The molecule has 1 N–H and O–H groups in total. The van der Waals surface area contributed by atoms with Crippen LogP contribution in [0.15, 0.2) is 35.6 Å². The molecule has 1 amide bonds. The maximum Gasteiger partial charge on any atom is 0.233 e. The third-order valence-corrected chi connectivity index (χ3v) is 5.55. The fourth-order valence-electron chi connectivity index (χ4n) is 3.30. The highest BCUT2D eigenvalue weighted by atomic mass is 32.2. The number of carbonyl (C=O) groups is 1. The van der Waals surface area contributed by atoms with Gasteiger partial charge in [-0.2, -0.15) is 0 Å². The molecule has 8 nitrogen and oxygen atoms in total. The highest BCUT2D eigenvalue weighted by Crippen LogP contribution is 2.36. The van der Waals surface area contributed by atoms with E-state index in [1.54, 1.807) is 31.4 Å². The van der Waals surface area contributed by atoms with Gasteiger partial charge in [0.1, 0.15) is 6.10 Å². The third kappa shape index (κ3) is 4.98. The van der Waals surface area contributed by atoms with Crippen LogP contribution in [0.2, 0.25) is 0 Å². The van der Waals surface area contributed by atoms with E-state index in [0.29, 0.717) is 29.8 Å².